The molecule has 0 aliphatic carbocycles. The lowest BCUT2D eigenvalue weighted by molar-refractivity contribution is -0.137. The second-order valence-electron chi connectivity index (χ2n) is 10.8. The Kier molecular flexibility index (Phi) is 9.31. The van der Waals surface area contributed by atoms with Crippen LogP contribution < -0.4 is 24.4 Å². The summed E-state index contributed by atoms with van der Waals surface area (Å²) in [5.74, 6) is 1.39. The molecular formula is C32H38N4O7S. The quantitative estimate of drug-likeness (QED) is 0.347. The predicted octanol–water partition coefficient (Wildman–Crippen LogP) is 2.90. The summed E-state index contributed by atoms with van der Waals surface area (Å²) < 4.78 is 44.1. The highest BCUT2D eigenvalue weighted by Crippen LogP contribution is 2.40. The molecule has 12 heteroatoms. The van der Waals surface area contributed by atoms with Crippen molar-refractivity contribution in [2.45, 2.75) is 29.7 Å². The van der Waals surface area contributed by atoms with Gasteiger partial charge < -0.3 is 29.3 Å². The van der Waals surface area contributed by atoms with Gasteiger partial charge in [-0.1, -0.05) is 24.3 Å². The Morgan fingerprint density at radius 3 is 2.20 bits per heavy atom. The first kappa shape index (κ1) is 31.1. The number of methoxy groups -OCH3 is 3. The zero-order valence-corrected chi connectivity index (χ0v) is 26.0. The van der Waals surface area contributed by atoms with Crippen molar-refractivity contribution in [2.75, 3.05) is 59.1 Å². The Labute approximate surface area is 258 Å². The van der Waals surface area contributed by atoms with E-state index in [1.165, 1.54) is 23.5 Å². The number of carbonyl (C=O) groups is 2. The van der Waals surface area contributed by atoms with Crippen molar-refractivity contribution in [3.05, 3.63) is 78.4 Å². The van der Waals surface area contributed by atoms with E-state index in [0.717, 1.165) is 11.3 Å². The molecule has 3 aromatic rings. The van der Waals surface area contributed by atoms with Gasteiger partial charge in [-0.25, -0.2) is 8.42 Å². The minimum atomic E-state index is -3.75. The fourth-order valence-corrected chi connectivity index (χ4v) is 7.37. The Balaban J connectivity index is 1.26. The van der Waals surface area contributed by atoms with Crippen LogP contribution in [0.3, 0.4) is 0 Å². The van der Waals surface area contributed by atoms with Crippen molar-refractivity contribution in [1.29, 1.82) is 0 Å². The third kappa shape index (κ3) is 6.18. The van der Waals surface area contributed by atoms with Gasteiger partial charge in [-0.3, -0.25) is 9.59 Å². The van der Waals surface area contributed by atoms with Crippen molar-refractivity contribution in [2.24, 2.45) is 0 Å². The number of rotatable bonds is 11. The van der Waals surface area contributed by atoms with Crippen LogP contribution in [0.15, 0.2) is 77.7 Å². The van der Waals surface area contributed by atoms with Crippen molar-refractivity contribution in [3.63, 3.8) is 0 Å². The third-order valence-electron chi connectivity index (χ3n) is 8.35. The van der Waals surface area contributed by atoms with Gasteiger partial charge in [-0.2, -0.15) is 4.31 Å². The standard InChI is InChI=1S/C32H38N4O7S/c1-41-26-10-12-27(13-11-26)44(39,40)35-19-16-32(17-20-35)31(38)34(23-36(32)25-7-5-4-6-8-25)22-30(37)33-18-15-24-9-14-28(42-2)29(21-24)43-3/h4-14,21H,15-20,22-23H2,1-3H3,(H,33,37). The maximum Gasteiger partial charge on any atom is 0.250 e. The van der Waals surface area contributed by atoms with Gasteiger partial charge >= 0.3 is 0 Å². The largest absolute Gasteiger partial charge is 0.497 e. The van der Waals surface area contributed by atoms with Gasteiger partial charge in [-0.15, -0.1) is 0 Å². The fraction of sp³-hybridized carbons (Fsp3) is 0.375. The number of nitrogens with zero attached hydrogens (tertiary/aromatic N) is 3. The number of sulfonamides is 1. The van der Waals surface area contributed by atoms with Gasteiger partial charge in [0.15, 0.2) is 11.5 Å². The molecule has 2 saturated heterocycles. The SMILES string of the molecule is COc1ccc(S(=O)(=O)N2CCC3(CC2)C(=O)N(CC(=O)NCCc2ccc(OC)c(OC)c2)CN3c2ccccc2)cc1. The first-order valence-corrected chi connectivity index (χ1v) is 15.9. The van der Waals surface area contributed by atoms with Crippen LogP contribution in [0.2, 0.25) is 0 Å². The van der Waals surface area contributed by atoms with E-state index in [9.17, 15) is 18.0 Å². The lowest BCUT2D eigenvalue weighted by Crippen LogP contribution is -2.57. The first-order valence-electron chi connectivity index (χ1n) is 14.5. The van der Waals surface area contributed by atoms with Crippen LogP contribution in [-0.4, -0.2) is 89.2 Å². The number of anilines is 1. The molecule has 0 atom stereocenters. The summed E-state index contributed by atoms with van der Waals surface area (Å²) in [4.78, 5) is 30.8. The van der Waals surface area contributed by atoms with Crippen molar-refractivity contribution < 1.29 is 32.2 Å². The van der Waals surface area contributed by atoms with Crippen molar-refractivity contribution in [3.8, 4) is 17.2 Å². The van der Waals surface area contributed by atoms with E-state index in [4.69, 9.17) is 14.2 Å². The molecule has 5 rings (SSSR count). The van der Waals surface area contributed by atoms with E-state index in [2.05, 4.69) is 5.32 Å². The van der Waals surface area contributed by atoms with Crippen LogP contribution in [0.1, 0.15) is 18.4 Å². The minimum Gasteiger partial charge on any atom is -0.497 e. The summed E-state index contributed by atoms with van der Waals surface area (Å²) in [5.41, 5.74) is 0.877. The maximum atomic E-state index is 14.0. The molecule has 0 saturated carbocycles. The summed E-state index contributed by atoms with van der Waals surface area (Å²) in [6, 6.07) is 21.5. The summed E-state index contributed by atoms with van der Waals surface area (Å²) in [6.45, 7) is 0.881. The highest BCUT2D eigenvalue weighted by Gasteiger charge is 2.55. The van der Waals surface area contributed by atoms with Crippen LogP contribution in [0.5, 0.6) is 17.2 Å². The number of ether oxygens (including phenoxy) is 3. The highest BCUT2D eigenvalue weighted by molar-refractivity contribution is 7.89. The fourth-order valence-electron chi connectivity index (χ4n) is 5.93. The Morgan fingerprint density at radius 2 is 1.57 bits per heavy atom. The molecule has 0 aromatic heterocycles. The summed E-state index contributed by atoms with van der Waals surface area (Å²) >= 11 is 0. The van der Waals surface area contributed by atoms with Crippen LogP contribution in [0.25, 0.3) is 0 Å². The van der Waals surface area contributed by atoms with Gasteiger partial charge in [0.1, 0.15) is 17.8 Å². The van der Waals surface area contributed by atoms with Crippen LogP contribution >= 0.6 is 0 Å². The number of amides is 2. The summed E-state index contributed by atoms with van der Waals surface area (Å²) in [5, 5.41) is 2.92. The van der Waals surface area contributed by atoms with Crippen molar-refractivity contribution >= 4 is 27.5 Å². The van der Waals surface area contributed by atoms with Gasteiger partial charge in [0.25, 0.3) is 0 Å². The average molecular weight is 623 g/mol. The van der Waals surface area contributed by atoms with E-state index >= 15 is 0 Å². The number of benzene rings is 3. The lowest BCUT2D eigenvalue weighted by atomic mass is 9.86. The summed E-state index contributed by atoms with van der Waals surface area (Å²) in [6.07, 6.45) is 1.18. The smallest absolute Gasteiger partial charge is 0.250 e. The van der Waals surface area contributed by atoms with Gasteiger partial charge in [-0.05, 0) is 73.4 Å². The van der Waals surface area contributed by atoms with Gasteiger partial charge in [0, 0.05) is 25.3 Å². The molecule has 2 amide bonds. The number of piperidine rings is 1. The molecule has 0 bridgehead atoms. The van der Waals surface area contributed by atoms with Crippen molar-refractivity contribution in [1.82, 2.24) is 14.5 Å². The third-order valence-corrected chi connectivity index (χ3v) is 10.3. The molecule has 2 aliphatic rings. The molecule has 0 unspecified atom stereocenters. The van der Waals surface area contributed by atoms with Crippen LogP contribution in [0.4, 0.5) is 5.69 Å². The number of hydrogen-bond donors (Lipinski definition) is 1. The van der Waals surface area contributed by atoms with E-state index in [1.54, 1.807) is 31.3 Å². The molecule has 0 radical (unpaired) electrons. The molecule has 3 aromatic carbocycles. The number of hydrogen-bond acceptors (Lipinski definition) is 8. The zero-order chi connectivity index (χ0) is 31.3. The number of para-hydroxylation sites is 1. The Morgan fingerprint density at radius 1 is 0.886 bits per heavy atom. The second kappa shape index (κ2) is 13.1. The van der Waals surface area contributed by atoms with Gasteiger partial charge in [0.2, 0.25) is 21.8 Å². The highest BCUT2D eigenvalue weighted by atomic mass is 32.2. The topological polar surface area (TPSA) is 118 Å². The minimum absolute atomic E-state index is 0.0935. The predicted molar refractivity (Wildman–Crippen MR) is 165 cm³/mol. The average Bonchev–Trinajstić information content (AvgIpc) is 3.31. The van der Waals surface area contributed by atoms with Crippen LogP contribution in [0, 0.1) is 0 Å². The molecule has 1 N–H and O–H groups in total. The summed E-state index contributed by atoms with van der Waals surface area (Å²) in [7, 11) is 0.927. The van der Waals surface area contributed by atoms with E-state index in [-0.39, 0.29) is 43.0 Å². The number of carbonyl (C=O) groups excluding carboxylic acids is 2. The first-order chi connectivity index (χ1) is 21.2. The Bertz CT molecular complexity index is 1570. The van der Waals surface area contributed by atoms with E-state index < -0.39 is 15.6 Å². The number of nitrogens with one attached hydrogen (secondary N) is 1. The molecule has 234 valence electrons. The Hall–Kier alpha value is -4.29. The van der Waals surface area contributed by atoms with E-state index in [1.807, 2.05) is 53.4 Å². The molecule has 1 spiro atoms. The molecule has 2 fully saturated rings. The molecule has 2 aliphatic heterocycles. The van der Waals surface area contributed by atoms with E-state index in [0.29, 0.717) is 43.1 Å². The zero-order valence-electron chi connectivity index (χ0n) is 25.2. The van der Waals surface area contributed by atoms with Crippen LogP contribution in [-0.2, 0) is 26.0 Å². The lowest BCUT2D eigenvalue weighted by Gasteiger charge is -2.42. The monoisotopic (exact) mass is 622 g/mol. The molecule has 11 nitrogen and oxygen atoms in total. The molecular weight excluding hydrogens is 584 g/mol. The molecule has 2 heterocycles. The second-order valence-corrected chi connectivity index (χ2v) is 12.7. The van der Waals surface area contributed by atoms with Gasteiger partial charge in [0.05, 0.1) is 32.9 Å². The maximum absolute atomic E-state index is 14.0. The molecule has 44 heavy (non-hydrogen) atoms. The normalized spacial score (nSPS) is 16.7.